The Balaban J connectivity index is 2.40. The largest absolute Gasteiger partial charge is 0.356 e. The first-order valence-corrected chi connectivity index (χ1v) is 8.09. The molecule has 2 aromatic rings. The molecule has 0 saturated carbocycles. The smallest absolute Gasteiger partial charge is 0.255 e. The van der Waals surface area contributed by atoms with Crippen LogP contribution in [0.3, 0.4) is 0 Å². The first-order valence-electron chi connectivity index (χ1n) is 6.80. The molecular formula is C16H18N4OS. The zero-order chi connectivity index (χ0) is 16.1. The molecule has 0 spiro atoms. The number of rotatable bonds is 5. The molecule has 1 atom stereocenters. The van der Waals surface area contributed by atoms with Gasteiger partial charge in [-0.1, -0.05) is 6.07 Å². The second-order valence-electron chi connectivity index (χ2n) is 4.88. The molecule has 1 unspecified atom stereocenters. The maximum Gasteiger partial charge on any atom is 0.255 e. The summed E-state index contributed by atoms with van der Waals surface area (Å²) in [5.74, 6) is 0. The maximum absolute atomic E-state index is 12.0. The quantitative estimate of drug-likeness (QED) is 0.504. The lowest BCUT2D eigenvalue weighted by Crippen LogP contribution is -2.29. The molecule has 0 bridgehead atoms. The standard InChI is InChI=1S/C16H18N4OS/c1-11-8-13(19-16(22-3)18-10-17)9-12(2)15(11)20-7-5-4-6-14(20)21/h4-9,16,18-19H,1-3H3. The van der Waals surface area contributed by atoms with E-state index in [4.69, 9.17) is 5.26 Å². The monoisotopic (exact) mass is 314 g/mol. The topological polar surface area (TPSA) is 69.8 Å². The summed E-state index contributed by atoms with van der Waals surface area (Å²) in [6.07, 6.45) is 5.62. The van der Waals surface area contributed by atoms with Crippen molar-refractivity contribution in [2.75, 3.05) is 11.6 Å². The van der Waals surface area contributed by atoms with Crippen LogP contribution < -0.4 is 16.2 Å². The molecule has 0 fully saturated rings. The van der Waals surface area contributed by atoms with Gasteiger partial charge in [0.2, 0.25) is 0 Å². The van der Waals surface area contributed by atoms with E-state index in [0.29, 0.717) is 0 Å². The van der Waals surface area contributed by atoms with E-state index in [1.807, 2.05) is 44.5 Å². The third-order valence-electron chi connectivity index (χ3n) is 3.28. The number of nitrogens with one attached hydrogen (secondary N) is 2. The highest BCUT2D eigenvalue weighted by Crippen LogP contribution is 2.24. The number of anilines is 1. The highest BCUT2D eigenvalue weighted by molar-refractivity contribution is 7.99. The van der Waals surface area contributed by atoms with Crippen LogP contribution in [-0.2, 0) is 0 Å². The average molecular weight is 314 g/mol. The van der Waals surface area contributed by atoms with Gasteiger partial charge in [-0.2, -0.15) is 5.26 Å². The predicted octanol–water partition coefficient (Wildman–Crippen LogP) is 2.58. The van der Waals surface area contributed by atoms with Crippen molar-refractivity contribution in [1.29, 1.82) is 5.26 Å². The second kappa shape index (κ2) is 7.05. The van der Waals surface area contributed by atoms with Crippen LogP contribution >= 0.6 is 11.8 Å². The summed E-state index contributed by atoms with van der Waals surface area (Å²) in [5.41, 5.74) is 3.55. The van der Waals surface area contributed by atoms with Crippen LogP contribution in [0.4, 0.5) is 5.69 Å². The summed E-state index contributed by atoms with van der Waals surface area (Å²) < 4.78 is 1.65. The van der Waals surface area contributed by atoms with Crippen molar-refractivity contribution < 1.29 is 0 Å². The Bertz CT molecular complexity index is 740. The van der Waals surface area contributed by atoms with Gasteiger partial charge in [0, 0.05) is 18.0 Å². The molecule has 0 radical (unpaired) electrons. The minimum absolute atomic E-state index is 0.0532. The molecule has 1 heterocycles. The van der Waals surface area contributed by atoms with E-state index in [2.05, 4.69) is 10.6 Å². The van der Waals surface area contributed by atoms with Gasteiger partial charge in [-0.15, -0.1) is 11.8 Å². The number of nitrogens with zero attached hydrogens (tertiary/aromatic N) is 2. The Morgan fingerprint density at radius 1 is 1.27 bits per heavy atom. The fourth-order valence-corrected chi connectivity index (χ4v) is 2.82. The van der Waals surface area contributed by atoms with E-state index in [1.165, 1.54) is 11.8 Å². The molecule has 0 aliphatic carbocycles. The van der Waals surface area contributed by atoms with Crippen LogP contribution in [0.5, 0.6) is 0 Å². The summed E-state index contributed by atoms with van der Waals surface area (Å²) >= 11 is 1.50. The molecule has 1 aromatic carbocycles. The van der Waals surface area contributed by atoms with Crippen LogP contribution in [-0.4, -0.2) is 16.3 Å². The minimum atomic E-state index is -0.186. The lowest BCUT2D eigenvalue weighted by atomic mass is 10.1. The Morgan fingerprint density at radius 3 is 2.50 bits per heavy atom. The number of aryl methyl sites for hydroxylation is 2. The van der Waals surface area contributed by atoms with Gasteiger partial charge in [-0.3, -0.25) is 14.7 Å². The van der Waals surface area contributed by atoms with Gasteiger partial charge >= 0.3 is 0 Å². The number of nitriles is 1. The molecule has 114 valence electrons. The van der Waals surface area contributed by atoms with Crippen molar-refractivity contribution in [2.24, 2.45) is 0 Å². The number of benzene rings is 1. The molecule has 5 nitrogen and oxygen atoms in total. The summed E-state index contributed by atoms with van der Waals surface area (Å²) in [7, 11) is 0. The van der Waals surface area contributed by atoms with Crippen LogP contribution in [0.1, 0.15) is 11.1 Å². The molecule has 2 rings (SSSR count). The first-order chi connectivity index (χ1) is 10.6. The number of hydrogen-bond donors (Lipinski definition) is 2. The van der Waals surface area contributed by atoms with E-state index in [0.717, 1.165) is 22.5 Å². The zero-order valence-corrected chi connectivity index (χ0v) is 13.6. The SMILES string of the molecule is CSC(NC#N)Nc1cc(C)c(-n2ccccc2=O)c(C)c1. The Labute approximate surface area is 134 Å². The van der Waals surface area contributed by atoms with Gasteiger partial charge in [0.05, 0.1) is 5.69 Å². The van der Waals surface area contributed by atoms with Gasteiger partial charge < -0.3 is 5.32 Å². The van der Waals surface area contributed by atoms with E-state index in [-0.39, 0.29) is 11.1 Å². The van der Waals surface area contributed by atoms with Crippen LogP contribution in [0.25, 0.3) is 5.69 Å². The maximum atomic E-state index is 12.0. The van der Waals surface area contributed by atoms with Gasteiger partial charge in [0.15, 0.2) is 11.7 Å². The summed E-state index contributed by atoms with van der Waals surface area (Å²) in [5, 5.41) is 14.6. The van der Waals surface area contributed by atoms with Crippen molar-refractivity contribution in [1.82, 2.24) is 9.88 Å². The van der Waals surface area contributed by atoms with E-state index in [9.17, 15) is 4.79 Å². The van der Waals surface area contributed by atoms with Crippen molar-refractivity contribution in [2.45, 2.75) is 19.3 Å². The molecular weight excluding hydrogens is 296 g/mol. The van der Waals surface area contributed by atoms with Gasteiger partial charge in [0.25, 0.3) is 5.56 Å². The zero-order valence-electron chi connectivity index (χ0n) is 12.8. The molecule has 0 amide bonds. The van der Waals surface area contributed by atoms with Crippen molar-refractivity contribution >= 4 is 17.4 Å². The molecule has 1 aromatic heterocycles. The fraction of sp³-hybridized carbons (Fsp3) is 0.250. The Kier molecular flexibility index (Phi) is 5.12. The number of aromatic nitrogens is 1. The van der Waals surface area contributed by atoms with Crippen LogP contribution in [0.15, 0.2) is 41.3 Å². The number of hydrogen-bond acceptors (Lipinski definition) is 5. The highest BCUT2D eigenvalue weighted by Gasteiger charge is 2.11. The van der Waals surface area contributed by atoms with Crippen molar-refractivity contribution in [3.05, 3.63) is 58.0 Å². The Hall–Kier alpha value is -2.39. The average Bonchev–Trinajstić information content (AvgIpc) is 2.48. The third kappa shape index (κ3) is 3.43. The van der Waals surface area contributed by atoms with E-state index >= 15 is 0 Å². The van der Waals surface area contributed by atoms with E-state index < -0.39 is 0 Å². The molecule has 2 N–H and O–H groups in total. The second-order valence-corrected chi connectivity index (χ2v) is 5.83. The highest BCUT2D eigenvalue weighted by atomic mass is 32.2. The molecule has 0 aliphatic rings. The van der Waals surface area contributed by atoms with E-state index in [1.54, 1.807) is 22.9 Å². The van der Waals surface area contributed by atoms with Gasteiger partial charge in [0.1, 0.15) is 0 Å². The Morgan fingerprint density at radius 2 is 1.95 bits per heavy atom. The number of thioether (sulfide) groups is 1. The summed E-state index contributed by atoms with van der Waals surface area (Å²) in [6, 6.07) is 9.07. The van der Waals surface area contributed by atoms with Gasteiger partial charge in [-0.25, -0.2) is 0 Å². The summed E-state index contributed by atoms with van der Waals surface area (Å²) in [4.78, 5) is 12.0. The number of pyridine rings is 1. The van der Waals surface area contributed by atoms with Gasteiger partial charge in [-0.05, 0) is 49.4 Å². The molecule has 0 aliphatic heterocycles. The van der Waals surface area contributed by atoms with Crippen molar-refractivity contribution in [3.63, 3.8) is 0 Å². The lowest BCUT2D eigenvalue weighted by Gasteiger charge is -2.19. The predicted molar refractivity (Wildman–Crippen MR) is 91.2 cm³/mol. The molecule has 22 heavy (non-hydrogen) atoms. The minimum Gasteiger partial charge on any atom is -0.356 e. The molecule has 6 heteroatoms. The third-order valence-corrected chi connectivity index (χ3v) is 3.99. The fourth-order valence-electron chi connectivity index (χ4n) is 2.40. The summed E-state index contributed by atoms with van der Waals surface area (Å²) in [6.45, 7) is 3.94. The van der Waals surface area contributed by atoms with Crippen LogP contribution in [0.2, 0.25) is 0 Å². The van der Waals surface area contributed by atoms with Crippen molar-refractivity contribution in [3.8, 4) is 11.9 Å². The molecule has 0 saturated heterocycles. The first kappa shape index (κ1) is 16.0. The normalized spacial score (nSPS) is 11.5. The lowest BCUT2D eigenvalue weighted by molar-refractivity contribution is 0.883. The van der Waals surface area contributed by atoms with Crippen LogP contribution in [0, 0.1) is 25.3 Å².